The van der Waals surface area contributed by atoms with Crippen LogP contribution in [0.5, 0.6) is 11.5 Å². The quantitative estimate of drug-likeness (QED) is 0.237. The van der Waals surface area contributed by atoms with Crippen LogP contribution in [0.15, 0.2) is 53.7 Å². The number of nitro groups is 1. The molecular formula is C24H25N3O8. The van der Waals surface area contributed by atoms with Gasteiger partial charge in [0.1, 0.15) is 0 Å². The van der Waals surface area contributed by atoms with Crippen molar-refractivity contribution in [2.24, 2.45) is 0 Å². The summed E-state index contributed by atoms with van der Waals surface area (Å²) in [6, 6.07) is 8.43. The van der Waals surface area contributed by atoms with Crippen molar-refractivity contribution < 1.29 is 33.5 Å². The van der Waals surface area contributed by atoms with Crippen molar-refractivity contribution in [3.63, 3.8) is 0 Å². The standard InChI is InChI=1S/C24H25N3O8/c1-4-5-9-17-20(23(29)34-3)21(26-24(30)25-17)14-10-11-18(19(13-14)33-2)35-22(28)15-7-6-8-16(12-15)27(31)32/h6-8,10-13,21H,4-5,9H2,1-3H3,(H2,25,26,30). The number of methoxy groups -OCH3 is 2. The molecule has 184 valence electrons. The predicted octanol–water partition coefficient (Wildman–Crippen LogP) is 3.79. The van der Waals surface area contributed by atoms with E-state index < -0.39 is 28.9 Å². The van der Waals surface area contributed by atoms with Crippen LogP contribution < -0.4 is 20.1 Å². The fraction of sp³-hybridized carbons (Fsp3) is 0.292. The van der Waals surface area contributed by atoms with Crippen LogP contribution in [0.4, 0.5) is 10.5 Å². The highest BCUT2D eigenvalue weighted by molar-refractivity contribution is 5.95. The molecule has 2 aromatic rings. The zero-order valence-corrected chi connectivity index (χ0v) is 19.5. The molecule has 0 spiro atoms. The fourth-order valence-corrected chi connectivity index (χ4v) is 3.62. The SMILES string of the molecule is CCCCC1=C(C(=O)OC)C(c2ccc(OC(=O)c3cccc([N+](=O)[O-])c3)c(OC)c2)NC(=O)N1. The zero-order valence-electron chi connectivity index (χ0n) is 19.5. The van der Waals surface area contributed by atoms with Gasteiger partial charge in [-0.05, 0) is 36.6 Å². The molecule has 0 saturated carbocycles. The molecule has 11 heteroatoms. The zero-order chi connectivity index (χ0) is 25.5. The Hall–Kier alpha value is -4.41. The number of carbonyl (C=O) groups excluding carboxylic acids is 3. The Balaban J connectivity index is 1.94. The molecule has 11 nitrogen and oxygen atoms in total. The highest BCUT2D eigenvalue weighted by atomic mass is 16.6. The lowest BCUT2D eigenvalue weighted by Gasteiger charge is -2.29. The summed E-state index contributed by atoms with van der Waals surface area (Å²) in [5.74, 6) is -1.18. The Labute approximate surface area is 201 Å². The van der Waals surface area contributed by atoms with E-state index in [2.05, 4.69) is 10.6 Å². The summed E-state index contributed by atoms with van der Waals surface area (Å²) in [5, 5.41) is 16.4. The lowest BCUT2D eigenvalue weighted by molar-refractivity contribution is -0.384. The van der Waals surface area contributed by atoms with Crippen molar-refractivity contribution in [1.82, 2.24) is 10.6 Å². The van der Waals surface area contributed by atoms with E-state index in [0.717, 1.165) is 18.9 Å². The Morgan fingerprint density at radius 1 is 1.09 bits per heavy atom. The fourth-order valence-electron chi connectivity index (χ4n) is 3.62. The number of ether oxygens (including phenoxy) is 3. The number of carbonyl (C=O) groups is 3. The number of esters is 2. The predicted molar refractivity (Wildman–Crippen MR) is 124 cm³/mol. The van der Waals surface area contributed by atoms with Gasteiger partial charge in [0.05, 0.1) is 36.3 Å². The van der Waals surface area contributed by atoms with Gasteiger partial charge in [0.25, 0.3) is 5.69 Å². The van der Waals surface area contributed by atoms with Gasteiger partial charge < -0.3 is 24.8 Å². The smallest absolute Gasteiger partial charge is 0.343 e. The van der Waals surface area contributed by atoms with Gasteiger partial charge in [0, 0.05) is 17.8 Å². The number of unbranched alkanes of at least 4 members (excludes halogenated alkanes) is 1. The molecule has 0 bridgehead atoms. The van der Waals surface area contributed by atoms with Gasteiger partial charge in [0.15, 0.2) is 11.5 Å². The number of hydrogen-bond acceptors (Lipinski definition) is 8. The third-order valence-electron chi connectivity index (χ3n) is 5.36. The van der Waals surface area contributed by atoms with Gasteiger partial charge in [-0.2, -0.15) is 0 Å². The van der Waals surface area contributed by atoms with Gasteiger partial charge in [-0.1, -0.05) is 25.5 Å². The maximum atomic E-state index is 12.6. The second kappa shape index (κ2) is 11.1. The maximum Gasteiger partial charge on any atom is 0.343 e. The highest BCUT2D eigenvalue weighted by Crippen LogP contribution is 2.35. The average Bonchev–Trinajstić information content (AvgIpc) is 2.86. The number of hydrogen-bond donors (Lipinski definition) is 2. The molecule has 0 radical (unpaired) electrons. The van der Waals surface area contributed by atoms with Crippen LogP contribution in [-0.4, -0.2) is 37.1 Å². The van der Waals surface area contributed by atoms with Crippen molar-refractivity contribution in [2.45, 2.75) is 32.2 Å². The normalized spacial score (nSPS) is 15.1. The molecule has 1 heterocycles. The lowest BCUT2D eigenvalue weighted by atomic mass is 9.93. The Bertz CT molecular complexity index is 1190. The number of amides is 2. The van der Waals surface area contributed by atoms with Crippen LogP contribution in [0.2, 0.25) is 0 Å². The third kappa shape index (κ3) is 5.75. The number of urea groups is 1. The van der Waals surface area contributed by atoms with Crippen molar-refractivity contribution in [2.75, 3.05) is 14.2 Å². The van der Waals surface area contributed by atoms with E-state index in [9.17, 15) is 24.5 Å². The number of nitrogens with one attached hydrogen (secondary N) is 2. The number of nitro benzene ring substituents is 1. The molecule has 35 heavy (non-hydrogen) atoms. The van der Waals surface area contributed by atoms with Gasteiger partial charge in [-0.3, -0.25) is 10.1 Å². The number of non-ortho nitro benzene ring substituents is 1. The summed E-state index contributed by atoms with van der Waals surface area (Å²) in [5.41, 5.74) is 0.995. The molecule has 2 N–H and O–H groups in total. The van der Waals surface area contributed by atoms with E-state index in [1.54, 1.807) is 6.07 Å². The van der Waals surface area contributed by atoms with E-state index in [1.807, 2.05) is 6.92 Å². The average molecular weight is 483 g/mol. The van der Waals surface area contributed by atoms with Crippen LogP contribution in [-0.2, 0) is 9.53 Å². The largest absolute Gasteiger partial charge is 0.493 e. The van der Waals surface area contributed by atoms with Crippen LogP contribution in [0.25, 0.3) is 0 Å². The molecule has 1 atom stereocenters. The molecular weight excluding hydrogens is 458 g/mol. The molecule has 0 fully saturated rings. The van der Waals surface area contributed by atoms with Gasteiger partial charge in [0.2, 0.25) is 0 Å². The Kier molecular flexibility index (Phi) is 8.03. The first-order valence-electron chi connectivity index (χ1n) is 10.8. The number of allylic oxidation sites excluding steroid dienone is 1. The van der Waals surface area contributed by atoms with Crippen molar-refractivity contribution in [1.29, 1.82) is 0 Å². The highest BCUT2D eigenvalue weighted by Gasteiger charge is 2.33. The Morgan fingerprint density at radius 2 is 1.86 bits per heavy atom. The number of rotatable bonds is 9. The summed E-state index contributed by atoms with van der Waals surface area (Å²) in [6.45, 7) is 2.00. The molecule has 2 amide bonds. The molecule has 2 aromatic carbocycles. The van der Waals surface area contributed by atoms with E-state index in [0.29, 0.717) is 17.7 Å². The van der Waals surface area contributed by atoms with Crippen LogP contribution in [0, 0.1) is 10.1 Å². The molecule has 0 aromatic heterocycles. The summed E-state index contributed by atoms with van der Waals surface area (Å²) >= 11 is 0. The van der Waals surface area contributed by atoms with E-state index in [1.165, 1.54) is 44.6 Å². The van der Waals surface area contributed by atoms with E-state index >= 15 is 0 Å². The summed E-state index contributed by atoms with van der Waals surface area (Å²) < 4.78 is 15.7. The first-order valence-corrected chi connectivity index (χ1v) is 10.8. The van der Waals surface area contributed by atoms with Crippen LogP contribution in [0.3, 0.4) is 0 Å². The minimum atomic E-state index is -0.821. The second-order valence-corrected chi connectivity index (χ2v) is 7.63. The molecule has 0 saturated heterocycles. The van der Waals surface area contributed by atoms with Crippen LogP contribution in [0.1, 0.15) is 48.1 Å². The summed E-state index contributed by atoms with van der Waals surface area (Å²) in [4.78, 5) is 47.9. The molecule has 1 aliphatic rings. The monoisotopic (exact) mass is 483 g/mol. The topological polar surface area (TPSA) is 146 Å². The number of nitrogens with zero attached hydrogens (tertiary/aromatic N) is 1. The van der Waals surface area contributed by atoms with Gasteiger partial charge >= 0.3 is 18.0 Å². The van der Waals surface area contributed by atoms with E-state index in [4.69, 9.17) is 14.2 Å². The molecule has 1 unspecified atom stereocenters. The summed E-state index contributed by atoms with van der Waals surface area (Å²) in [6.07, 6.45) is 2.12. The molecule has 3 rings (SSSR count). The van der Waals surface area contributed by atoms with Crippen LogP contribution >= 0.6 is 0 Å². The molecule has 0 aliphatic carbocycles. The van der Waals surface area contributed by atoms with Crippen molar-refractivity contribution >= 4 is 23.7 Å². The van der Waals surface area contributed by atoms with Gasteiger partial charge in [-0.15, -0.1) is 0 Å². The minimum absolute atomic E-state index is 0.00701. The van der Waals surface area contributed by atoms with Crippen molar-refractivity contribution in [3.05, 3.63) is 75.0 Å². The van der Waals surface area contributed by atoms with Crippen molar-refractivity contribution in [3.8, 4) is 11.5 Å². The Morgan fingerprint density at radius 3 is 2.51 bits per heavy atom. The van der Waals surface area contributed by atoms with E-state index in [-0.39, 0.29) is 28.3 Å². The minimum Gasteiger partial charge on any atom is -0.493 e. The maximum absolute atomic E-state index is 12.6. The van der Waals surface area contributed by atoms with Gasteiger partial charge in [-0.25, -0.2) is 14.4 Å². The lowest BCUT2D eigenvalue weighted by Crippen LogP contribution is -2.45. The third-order valence-corrected chi connectivity index (χ3v) is 5.36. The number of benzene rings is 2. The first kappa shape index (κ1) is 25.2. The second-order valence-electron chi connectivity index (χ2n) is 7.63. The first-order chi connectivity index (χ1) is 16.8. The molecule has 1 aliphatic heterocycles. The summed E-state index contributed by atoms with van der Waals surface area (Å²) in [7, 11) is 2.63.